The van der Waals surface area contributed by atoms with E-state index in [0.29, 0.717) is 20.9 Å². The molecule has 3 rings (SSSR count). The van der Waals surface area contributed by atoms with Gasteiger partial charge in [0.15, 0.2) is 0 Å². The minimum absolute atomic E-state index is 0.0430. The molecule has 0 saturated carbocycles. The van der Waals surface area contributed by atoms with Gasteiger partial charge in [-0.3, -0.25) is 9.36 Å². The number of hydrogen-bond acceptors (Lipinski definition) is 2. The van der Waals surface area contributed by atoms with Gasteiger partial charge in [-0.05, 0) is 25.0 Å². The summed E-state index contributed by atoms with van der Waals surface area (Å²) < 4.78 is 1.76. The normalized spacial score (nSPS) is 15.4. The molecule has 0 fully saturated rings. The van der Waals surface area contributed by atoms with Crippen LogP contribution < -0.4 is 5.56 Å². The van der Waals surface area contributed by atoms with Crippen molar-refractivity contribution in [2.75, 3.05) is 0 Å². The molecule has 94 valence electrons. The number of aromatic nitrogens is 2. The Hall–Kier alpha value is -1.06. The van der Waals surface area contributed by atoms with Crippen LogP contribution in [0.1, 0.15) is 25.1 Å². The number of fused-ring (bicyclic) bond motifs is 2. The minimum Gasteiger partial charge on any atom is -0.296 e. The third kappa shape index (κ3) is 1.91. The van der Waals surface area contributed by atoms with Crippen molar-refractivity contribution in [2.24, 2.45) is 0 Å². The van der Waals surface area contributed by atoms with Gasteiger partial charge in [-0.2, -0.15) is 0 Å². The summed E-state index contributed by atoms with van der Waals surface area (Å²) in [6, 6.07) is 3.30. The van der Waals surface area contributed by atoms with Crippen molar-refractivity contribution in [3.05, 3.63) is 38.4 Å². The lowest BCUT2D eigenvalue weighted by Gasteiger charge is -2.10. The summed E-state index contributed by atoms with van der Waals surface area (Å²) >= 11 is 12.1. The molecule has 1 aromatic heterocycles. The highest BCUT2D eigenvalue weighted by Crippen LogP contribution is 2.25. The molecule has 1 aliphatic rings. The maximum Gasteiger partial charge on any atom is 0.262 e. The smallest absolute Gasteiger partial charge is 0.262 e. The Morgan fingerprint density at radius 3 is 2.83 bits per heavy atom. The second kappa shape index (κ2) is 4.56. The van der Waals surface area contributed by atoms with Crippen molar-refractivity contribution in [3.8, 4) is 0 Å². The third-order valence-corrected chi connectivity index (χ3v) is 3.85. The predicted molar refractivity (Wildman–Crippen MR) is 73.6 cm³/mol. The summed E-state index contributed by atoms with van der Waals surface area (Å²) in [5.74, 6) is 0.850. The maximum atomic E-state index is 12.5. The minimum atomic E-state index is -0.0430. The lowest BCUT2D eigenvalue weighted by Crippen LogP contribution is -2.24. The number of rotatable bonds is 0. The zero-order valence-corrected chi connectivity index (χ0v) is 11.3. The lowest BCUT2D eigenvalue weighted by molar-refractivity contribution is 0.614. The number of hydrogen-bond donors (Lipinski definition) is 0. The molecule has 18 heavy (non-hydrogen) atoms. The fourth-order valence-corrected chi connectivity index (χ4v) is 3.03. The molecular formula is C13H12Cl2N2O. The lowest BCUT2D eigenvalue weighted by atomic mass is 10.2. The monoisotopic (exact) mass is 282 g/mol. The quantitative estimate of drug-likeness (QED) is 0.742. The number of nitrogens with zero attached hydrogens (tertiary/aromatic N) is 2. The first-order valence-electron chi connectivity index (χ1n) is 6.05. The van der Waals surface area contributed by atoms with Crippen LogP contribution >= 0.6 is 23.2 Å². The van der Waals surface area contributed by atoms with Gasteiger partial charge in [-0.15, -0.1) is 0 Å². The topological polar surface area (TPSA) is 34.9 Å². The molecule has 0 bridgehead atoms. The third-order valence-electron chi connectivity index (χ3n) is 3.34. The van der Waals surface area contributed by atoms with Gasteiger partial charge in [0.25, 0.3) is 5.56 Å². The summed E-state index contributed by atoms with van der Waals surface area (Å²) in [5, 5.41) is 1.37. The molecule has 0 spiro atoms. The Bertz CT molecular complexity index is 679. The van der Waals surface area contributed by atoms with Gasteiger partial charge >= 0.3 is 0 Å². The molecule has 0 atom stereocenters. The standard InChI is InChI=1S/C13H12Cl2N2O/c14-8-6-9(15)12-10(7-8)16-11-4-2-1-3-5-17(11)13(12)18/h6-7H,1-5H2. The van der Waals surface area contributed by atoms with Crippen LogP contribution in [0.3, 0.4) is 0 Å². The number of aryl methyl sites for hydroxylation is 1. The second-order valence-corrected chi connectivity index (χ2v) is 5.42. The van der Waals surface area contributed by atoms with Crippen molar-refractivity contribution in [2.45, 2.75) is 32.2 Å². The zero-order valence-electron chi connectivity index (χ0n) is 9.75. The zero-order chi connectivity index (χ0) is 12.7. The van der Waals surface area contributed by atoms with Gasteiger partial charge in [-0.1, -0.05) is 29.6 Å². The number of benzene rings is 1. The van der Waals surface area contributed by atoms with Crippen LogP contribution in [-0.2, 0) is 13.0 Å². The highest BCUT2D eigenvalue weighted by molar-refractivity contribution is 6.38. The van der Waals surface area contributed by atoms with Gasteiger partial charge < -0.3 is 0 Å². The average molecular weight is 283 g/mol. The summed E-state index contributed by atoms with van der Waals surface area (Å²) in [6.07, 6.45) is 4.07. The van der Waals surface area contributed by atoms with E-state index in [2.05, 4.69) is 4.98 Å². The van der Waals surface area contributed by atoms with Crippen LogP contribution in [-0.4, -0.2) is 9.55 Å². The average Bonchev–Trinajstić information content (AvgIpc) is 2.53. The molecule has 5 heteroatoms. The van der Waals surface area contributed by atoms with E-state index in [4.69, 9.17) is 23.2 Å². The van der Waals surface area contributed by atoms with Gasteiger partial charge in [-0.25, -0.2) is 4.98 Å². The first-order chi connectivity index (χ1) is 8.66. The summed E-state index contributed by atoms with van der Waals surface area (Å²) in [4.78, 5) is 17.0. The van der Waals surface area contributed by atoms with Gasteiger partial charge in [0.1, 0.15) is 5.82 Å². The fraction of sp³-hybridized carbons (Fsp3) is 0.385. The molecule has 0 radical (unpaired) electrons. The highest BCUT2D eigenvalue weighted by Gasteiger charge is 2.15. The summed E-state index contributed by atoms with van der Waals surface area (Å²) in [6.45, 7) is 0.732. The van der Waals surface area contributed by atoms with E-state index in [0.717, 1.165) is 38.1 Å². The molecule has 2 aromatic rings. The van der Waals surface area contributed by atoms with Crippen molar-refractivity contribution in [1.82, 2.24) is 9.55 Å². The van der Waals surface area contributed by atoms with Crippen LogP contribution in [0.25, 0.3) is 10.9 Å². The van der Waals surface area contributed by atoms with Crippen LogP contribution in [0.2, 0.25) is 10.0 Å². The van der Waals surface area contributed by atoms with E-state index < -0.39 is 0 Å². The molecule has 0 amide bonds. The Morgan fingerprint density at radius 1 is 1.17 bits per heavy atom. The predicted octanol–water partition coefficient (Wildman–Crippen LogP) is 3.43. The van der Waals surface area contributed by atoms with Crippen LogP contribution in [0.5, 0.6) is 0 Å². The Balaban J connectivity index is 2.38. The van der Waals surface area contributed by atoms with Crippen molar-refractivity contribution < 1.29 is 0 Å². The van der Waals surface area contributed by atoms with Gasteiger partial charge in [0, 0.05) is 18.0 Å². The molecule has 0 saturated heterocycles. The van der Waals surface area contributed by atoms with Gasteiger partial charge in [0.2, 0.25) is 0 Å². The van der Waals surface area contributed by atoms with Crippen LogP contribution in [0, 0.1) is 0 Å². The molecule has 0 unspecified atom stereocenters. The molecule has 1 aromatic carbocycles. The van der Waals surface area contributed by atoms with Gasteiger partial charge in [0.05, 0.1) is 15.9 Å². The van der Waals surface area contributed by atoms with E-state index in [-0.39, 0.29) is 5.56 Å². The van der Waals surface area contributed by atoms with Crippen LogP contribution in [0.4, 0.5) is 0 Å². The first kappa shape index (κ1) is 12.0. The highest BCUT2D eigenvalue weighted by atomic mass is 35.5. The first-order valence-corrected chi connectivity index (χ1v) is 6.81. The Morgan fingerprint density at radius 2 is 2.00 bits per heavy atom. The summed E-state index contributed by atoms with van der Waals surface area (Å²) in [5.41, 5.74) is 0.559. The van der Waals surface area contributed by atoms with E-state index in [9.17, 15) is 4.79 Å². The molecule has 3 nitrogen and oxygen atoms in total. The number of halogens is 2. The molecule has 0 N–H and O–H groups in total. The largest absolute Gasteiger partial charge is 0.296 e. The molecule has 2 heterocycles. The molecule has 0 aliphatic carbocycles. The SMILES string of the molecule is O=c1c2c(Cl)cc(Cl)cc2nc2n1CCCCC2. The molecule has 1 aliphatic heterocycles. The Labute approximate surface area is 114 Å². The van der Waals surface area contributed by atoms with E-state index >= 15 is 0 Å². The van der Waals surface area contributed by atoms with E-state index in [1.807, 2.05) is 0 Å². The van der Waals surface area contributed by atoms with Crippen LogP contribution in [0.15, 0.2) is 16.9 Å². The van der Waals surface area contributed by atoms with E-state index in [1.54, 1.807) is 16.7 Å². The Kier molecular flexibility index (Phi) is 3.04. The van der Waals surface area contributed by atoms with Crippen molar-refractivity contribution in [3.63, 3.8) is 0 Å². The van der Waals surface area contributed by atoms with Crippen molar-refractivity contribution >= 4 is 34.1 Å². The van der Waals surface area contributed by atoms with Crippen molar-refractivity contribution in [1.29, 1.82) is 0 Å². The summed E-state index contributed by atoms with van der Waals surface area (Å²) in [7, 11) is 0. The van der Waals surface area contributed by atoms with E-state index in [1.165, 1.54) is 0 Å². The molecular weight excluding hydrogens is 271 g/mol. The maximum absolute atomic E-state index is 12.5. The fourth-order valence-electron chi connectivity index (χ4n) is 2.46. The second-order valence-electron chi connectivity index (χ2n) is 4.58.